The summed E-state index contributed by atoms with van der Waals surface area (Å²) >= 11 is 3.40. The fraction of sp³-hybridized carbons (Fsp3) is 0.583. The van der Waals surface area contributed by atoms with Crippen molar-refractivity contribution in [2.24, 2.45) is 5.41 Å². The summed E-state index contributed by atoms with van der Waals surface area (Å²) in [7, 11) is 0. The van der Waals surface area contributed by atoms with Crippen molar-refractivity contribution in [1.29, 1.82) is 0 Å². The second-order valence-corrected chi connectivity index (χ2v) is 5.67. The van der Waals surface area contributed by atoms with E-state index in [4.69, 9.17) is 0 Å². The highest BCUT2D eigenvalue weighted by Gasteiger charge is 2.26. The van der Waals surface area contributed by atoms with Crippen LogP contribution in [0.5, 0.6) is 0 Å². The van der Waals surface area contributed by atoms with Crippen molar-refractivity contribution >= 4 is 15.9 Å². The first-order chi connectivity index (χ1) is 6.95. The van der Waals surface area contributed by atoms with E-state index in [0.717, 1.165) is 16.7 Å². The van der Waals surface area contributed by atoms with Crippen LogP contribution in [0, 0.1) is 5.41 Å². The van der Waals surface area contributed by atoms with E-state index >= 15 is 0 Å². The molecule has 0 bridgehead atoms. The Bertz CT molecular complexity index is 300. The van der Waals surface area contributed by atoms with Gasteiger partial charge in [-0.3, -0.25) is 4.98 Å². The highest BCUT2D eigenvalue weighted by Crippen LogP contribution is 2.31. The summed E-state index contributed by atoms with van der Waals surface area (Å²) < 4.78 is 1.02. The fourth-order valence-corrected chi connectivity index (χ4v) is 1.85. The molecular weight excluding hydrogens is 252 g/mol. The van der Waals surface area contributed by atoms with Crippen molar-refractivity contribution in [3.05, 3.63) is 28.5 Å². The second kappa shape index (κ2) is 5.08. The molecule has 1 N–H and O–H groups in total. The minimum atomic E-state index is 0.177. The molecule has 0 saturated carbocycles. The molecule has 0 aliphatic heterocycles. The number of nitrogens with zero attached hydrogens (tertiary/aromatic N) is 1. The summed E-state index contributed by atoms with van der Waals surface area (Å²) in [6.07, 6.45) is 1.85. The number of hydrogen-bond donors (Lipinski definition) is 1. The van der Waals surface area contributed by atoms with Gasteiger partial charge in [0.15, 0.2) is 0 Å². The Morgan fingerprint density at radius 3 is 2.47 bits per heavy atom. The van der Waals surface area contributed by atoms with Gasteiger partial charge < -0.3 is 5.32 Å². The third-order valence-electron chi connectivity index (χ3n) is 2.32. The molecule has 0 fully saturated rings. The maximum Gasteiger partial charge on any atom is 0.0579 e. The zero-order valence-corrected chi connectivity index (χ0v) is 11.4. The van der Waals surface area contributed by atoms with E-state index in [0.29, 0.717) is 6.04 Å². The van der Waals surface area contributed by atoms with Gasteiger partial charge in [-0.25, -0.2) is 0 Å². The highest BCUT2D eigenvalue weighted by atomic mass is 79.9. The first-order valence-corrected chi connectivity index (χ1v) is 6.09. The monoisotopic (exact) mass is 270 g/mol. The zero-order valence-electron chi connectivity index (χ0n) is 9.84. The molecule has 1 unspecified atom stereocenters. The normalized spacial score (nSPS) is 13.9. The van der Waals surface area contributed by atoms with Crippen LogP contribution in [-0.4, -0.2) is 11.5 Å². The summed E-state index contributed by atoms with van der Waals surface area (Å²) in [5.74, 6) is 0. The first-order valence-electron chi connectivity index (χ1n) is 5.30. The summed E-state index contributed by atoms with van der Waals surface area (Å²) in [4.78, 5) is 4.45. The third-order valence-corrected chi connectivity index (χ3v) is 2.79. The molecule has 0 amide bonds. The number of hydrogen-bond acceptors (Lipinski definition) is 2. The molecule has 0 spiro atoms. The lowest BCUT2D eigenvalue weighted by atomic mass is 9.84. The summed E-state index contributed by atoms with van der Waals surface area (Å²) in [5, 5.41) is 3.48. The molecule has 1 heterocycles. The molecule has 0 aliphatic rings. The number of aromatic nitrogens is 1. The van der Waals surface area contributed by atoms with Gasteiger partial charge in [-0.2, -0.15) is 0 Å². The Morgan fingerprint density at radius 1 is 1.40 bits per heavy atom. The van der Waals surface area contributed by atoms with Crippen molar-refractivity contribution in [3.8, 4) is 0 Å². The largest absolute Gasteiger partial charge is 0.308 e. The topological polar surface area (TPSA) is 24.9 Å². The molecule has 0 aliphatic carbocycles. The fourth-order valence-electron chi connectivity index (χ4n) is 1.62. The lowest BCUT2D eigenvalue weighted by molar-refractivity contribution is 0.271. The van der Waals surface area contributed by atoms with E-state index in [1.165, 1.54) is 0 Å². The second-order valence-electron chi connectivity index (χ2n) is 4.76. The van der Waals surface area contributed by atoms with Crippen LogP contribution in [0.4, 0.5) is 0 Å². The Hall–Kier alpha value is -0.410. The SMILES string of the molecule is CCNC(c1ccc(Br)cn1)C(C)(C)C. The van der Waals surface area contributed by atoms with Crippen LogP contribution in [-0.2, 0) is 0 Å². The van der Waals surface area contributed by atoms with Crippen LogP contribution >= 0.6 is 15.9 Å². The van der Waals surface area contributed by atoms with E-state index in [1.807, 2.05) is 12.3 Å². The van der Waals surface area contributed by atoms with E-state index in [9.17, 15) is 0 Å². The van der Waals surface area contributed by atoms with Crippen molar-refractivity contribution in [1.82, 2.24) is 10.3 Å². The quantitative estimate of drug-likeness (QED) is 0.909. The minimum Gasteiger partial charge on any atom is -0.308 e. The standard InChI is InChI=1S/C12H19BrN2/c1-5-14-11(12(2,3)4)10-7-6-9(13)8-15-10/h6-8,11,14H,5H2,1-4H3. The molecule has 0 radical (unpaired) electrons. The average molecular weight is 271 g/mol. The maximum atomic E-state index is 4.45. The molecule has 84 valence electrons. The van der Waals surface area contributed by atoms with E-state index in [2.05, 4.69) is 60.0 Å². The lowest BCUT2D eigenvalue weighted by Gasteiger charge is -2.30. The van der Waals surface area contributed by atoms with Crippen LogP contribution in [0.1, 0.15) is 39.4 Å². The third kappa shape index (κ3) is 3.58. The Labute approximate surface area is 101 Å². The number of halogens is 1. The predicted octanol–water partition coefficient (Wildman–Crippen LogP) is 3.54. The predicted molar refractivity (Wildman–Crippen MR) is 67.8 cm³/mol. The number of rotatable bonds is 3. The molecule has 1 atom stereocenters. The van der Waals surface area contributed by atoms with Crippen LogP contribution in [0.3, 0.4) is 0 Å². The van der Waals surface area contributed by atoms with Gasteiger partial charge in [0, 0.05) is 10.7 Å². The molecule has 0 aromatic carbocycles. The average Bonchev–Trinajstić information content (AvgIpc) is 2.14. The van der Waals surface area contributed by atoms with Gasteiger partial charge in [0.25, 0.3) is 0 Å². The van der Waals surface area contributed by atoms with Crippen LogP contribution in [0.2, 0.25) is 0 Å². The number of nitrogens with one attached hydrogen (secondary N) is 1. The maximum absolute atomic E-state index is 4.45. The highest BCUT2D eigenvalue weighted by molar-refractivity contribution is 9.10. The van der Waals surface area contributed by atoms with E-state index in [-0.39, 0.29) is 5.41 Å². The molecule has 15 heavy (non-hydrogen) atoms. The molecule has 2 nitrogen and oxygen atoms in total. The molecule has 3 heteroatoms. The van der Waals surface area contributed by atoms with Gasteiger partial charge in [-0.1, -0.05) is 27.7 Å². The first kappa shape index (κ1) is 12.7. The van der Waals surface area contributed by atoms with Gasteiger partial charge in [0.05, 0.1) is 11.7 Å². The summed E-state index contributed by atoms with van der Waals surface area (Å²) in [6, 6.07) is 4.41. The molecule has 0 saturated heterocycles. The van der Waals surface area contributed by atoms with Gasteiger partial charge in [-0.05, 0) is 40.0 Å². The Morgan fingerprint density at radius 2 is 2.07 bits per heavy atom. The lowest BCUT2D eigenvalue weighted by Crippen LogP contribution is -2.32. The smallest absolute Gasteiger partial charge is 0.0579 e. The number of pyridine rings is 1. The van der Waals surface area contributed by atoms with Crippen LogP contribution in [0.15, 0.2) is 22.8 Å². The van der Waals surface area contributed by atoms with Gasteiger partial charge in [0.1, 0.15) is 0 Å². The summed E-state index contributed by atoms with van der Waals surface area (Å²) in [6.45, 7) is 9.76. The van der Waals surface area contributed by atoms with Crippen LogP contribution in [0.25, 0.3) is 0 Å². The minimum absolute atomic E-state index is 0.177. The van der Waals surface area contributed by atoms with Crippen molar-refractivity contribution in [2.45, 2.75) is 33.7 Å². The van der Waals surface area contributed by atoms with Crippen LogP contribution < -0.4 is 5.32 Å². The zero-order chi connectivity index (χ0) is 11.5. The van der Waals surface area contributed by atoms with Gasteiger partial charge >= 0.3 is 0 Å². The van der Waals surface area contributed by atoms with Crippen molar-refractivity contribution in [3.63, 3.8) is 0 Å². The van der Waals surface area contributed by atoms with E-state index in [1.54, 1.807) is 0 Å². The van der Waals surface area contributed by atoms with Crippen molar-refractivity contribution < 1.29 is 0 Å². The molecular formula is C12H19BrN2. The Balaban J connectivity index is 2.94. The Kier molecular flexibility index (Phi) is 4.29. The molecule has 1 aromatic heterocycles. The van der Waals surface area contributed by atoms with Gasteiger partial charge in [-0.15, -0.1) is 0 Å². The van der Waals surface area contributed by atoms with E-state index < -0.39 is 0 Å². The van der Waals surface area contributed by atoms with Gasteiger partial charge in [0.2, 0.25) is 0 Å². The molecule has 1 aromatic rings. The summed E-state index contributed by atoms with van der Waals surface area (Å²) in [5.41, 5.74) is 1.28. The van der Waals surface area contributed by atoms with Crippen molar-refractivity contribution in [2.75, 3.05) is 6.54 Å². The molecule has 1 rings (SSSR count).